The van der Waals surface area contributed by atoms with E-state index in [0.717, 1.165) is 17.7 Å². The summed E-state index contributed by atoms with van der Waals surface area (Å²) in [5, 5.41) is 0. The number of methoxy groups -OCH3 is 3. The summed E-state index contributed by atoms with van der Waals surface area (Å²) in [6, 6.07) is 3.89. The minimum atomic E-state index is 0.280. The van der Waals surface area contributed by atoms with Gasteiger partial charge in [-0.25, -0.2) is 0 Å². The Hall–Kier alpha value is -1.82. The van der Waals surface area contributed by atoms with Crippen LogP contribution in [0.1, 0.15) is 19.4 Å². The summed E-state index contributed by atoms with van der Waals surface area (Å²) in [4.78, 5) is 0. The first-order valence-corrected chi connectivity index (χ1v) is 5.88. The van der Waals surface area contributed by atoms with Crippen LogP contribution in [0.25, 0.3) is 0 Å². The van der Waals surface area contributed by atoms with Gasteiger partial charge in [-0.15, -0.1) is 11.8 Å². The summed E-state index contributed by atoms with van der Waals surface area (Å²) in [5.74, 6) is 8.37. The summed E-state index contributed by atoms with van der Waals surface area (Å²) in [5.41, 5.74) is 1.07. The highest BCUT2D eigenvalue weighted by atomic mass is 16.5. The van der Waals surface area contributed by atoms with Gasteiger partial charge in [0.1, 0.15) is 0 Å². The monoisotopic (exact) mass is 248 g/mol. The van der Waals surface area contributed by atoms with E-state index >= 15 is 0 Å². The molecule has 0 spiro atoms. The normalized spacial score (nSPS) is 11.2. The molecule has 3 nitrogen and oxygen atoms in total. The van der Waals surface area contributed by atoms with Crippen molar-refractivity contribution in [3.05, 3.63) is 17.7 Å². The van der Waals surface area contributed by atoms with E-state index in [0.29, 0.717) is 11.5 Å². The van der Waals surface area contributed by atoms with E-state index in [2.05, 4.69) is 18.8 Å². The second-order valence-electron chi connectivity index (χ2n) is 3.99. The van der Waals surface area contributed by atoms with Crippen LogP contribution in [0.3, 0.4) is 0 Å². The summed E-state index contributed by atoms with van der Waals surface area (Å²) in [6.07, 6.45) is 0.824. The third kappa shape index (κ3) is 3.10. The third-order valence-electron chi connectivity index (χ3n) is 2.70. The lowest BCUT2D eigenvalue weighted by atomic mass is 10.00. The number of ether oxygens (including phenoxy) is 3. The molecule has 0 aliphatic carbocycles. The molecule has 0 bridgehead atoms. The molecule has 0 radical (unpaired) electrons. The molecule has 1 aromatic rings. The molecular weight excluding hydrogens is 228 g/mol. The van der Waals surface area contributed by atoms with E-state index in [-0.39, 0.29) is 5.92 Å². The molecule has 18 heavy (non-hydrogen) atoms. The van der Waals surface area contributed by atoms with Crippen LogP contribution in [0.5, 0.6) is 17.2 Å². The fourth-order valence-electron chi connectivity index (χ4n) is 1.95. The van der Waals surface area contributed by atoms with E-state index in [1.807, 2.05) is 19.1 Å². The number of hydrogen-bond donors (Lipinski definition) is 0. The van der Waals surface area contributed by atoms with E-state index in [9.17, 15) is 0 Å². The third-order valence-corrected chi connectivity index (χ3v) is 2.70. The Morgan fingerprint density at radius 1 is 1.06 bits per heavy atom. The second kappa shape index (κ2) is 6.80. The summed E-state index contributed by atoms with van der Waals surface area (Å²) >= 11 is 0. The van der Waals surface area contributed by atoms with Crippen LogP contribution in [0.15, 0.2) is 12.1 Å². The SMILES string of the molecule is CC#CC(C)Cc1ccc(OC)c(OC)c1OC. The molecule has 1 aromatic carbocycles. The van der Waals surface area contributed by atoms with E-state index in [1.165, 1.54) is 0 Å². The van der Waals surface area contributed by atoms with Crippen molar-refractivity contribution in [2.24, 2.45) is 5.92 Å². The van der Waals surface area contributed by atoms with Crippen molar-refractivity contribution >= 4 is 0 Å². The van der Waals surface area contributed by atoms with Crippen molar-refractivity contribution in [1.29, 1.82) is 0 Å². The highest BCUT2D eigenvalue weighted by molar-refractivity contribution is 5.56. The summed E-state index contributed by atoms with van der Waals surface area (Å²) in [6.45, 7) is 3.94. The van der Waals surface area contributed by atoms with Gasteiger partial charge >= 0.3 is 0 Å². The molecule has 1 rings (SSSR count). The molecule has 1 atom stereocenters. The fourth-order valence-corrected chi connectivity index (χ4v) is 1.95. The van der Waals surface area contributed by atoms with Crippen molar-refractivity contribution in [3.8, 4) is 29.1 Å². The van der Waals surface area contributed by atoms with Gasteiger partial charge in [0.2, 0.25) is 5.75 Å². The lowest BCUT2D eigenvalue weighted by Crippen LogP contribution is -2.02. The van der Waals surface area contributed by atoms with Crippen LogP contribution in [-0.4, -0.2) is 21.3 Å². The van der Waals surface area contributed by atoms with Crippen molar-refractivity contribution < 1.29 is 14.2 Å². The largest absolute Gasteiger partial charge is 0.493 e. The van der Waals surface area contributed by atoms with Crippen LogP contribution in [0.2, 0.25) is 0 Å². The van der Waals surface area contributed by atoms with Gasteiger partial charge in [0.25, 0.3) is 0 Å². The number of hydrogen-bond acceptors (Lipinski definition) is 3. The van der Waals surface area contributed by atoms with Gasteiger partial charge in [0.15, 0.2) is 11.5 Å². The van der Waals surface area contributed by atoms with E-state index < -0.39 is 0 Å². The van der Waals surface area contributed by atoms with Gasteiger partial charge in [-0.2, -0.15) is 0 Å². The minimum Gasteiger partial charge on any atom is -0.493 e. The first kappa shape index (κ1) is 14.2. The Labute approximate surface area is 109 Å². The molecular formula is C15H20O3. The Bertz CT molecular complexity index is 455. The van der Waals surface area contributed by atoms with Gasteiger partial charge in [0.05, 0.1) is 21.3 Å². The molecule has 1 unspecified atom stereocenters. The smallest absolute Gasteiger partial charge is 0.203 e. The maximum absolute atomic E-state index is 5.44. The topological polar surface area (TPSA) is 27.7 Å². The molecule has 3 heteroatoms. The zero-order valence-corrected chi connectivity index (χ0v) is 11.7. The maximum Gasteiger partial charge on any atom is 0.203 e. The Kier molecular flexibility index (Phi) is 5.38. The number of rotatable bonds is 5. The number of benzene rings is 1. The lowest BCUT2D eigenvalue weighted by molar-refractivity contribution is 0.321. The molecule has 0 heterocycles. The lowest BCUT2D eigenvalue weighted by Gasteiger charge is -2.16. The van der Waals surface area contributed by atoms with E-state index in [1.54, 1.807) is 21.3 Å². The van der Waals surface area contributed by atoms with Crippen molar-refractivity contribution in [1.82, 2.24) is 0 Å². The molecule has 0 amide bonds. The van der Waals surface area contributed by atoms with Crippen molar-refractivity contribution in [2.75, 3.05) is 21.3 Å². The highest BCUT2D eigenvalue weighted by Gasteiger charge is 2.16. The van der Waals surface area contributed by atoms with Crippen LogP contribution in [0, 0.1) is 17.8 Å². The molecule has 0 N–H and O–H groups in total. The van der Waals surface area contributed by atoms with Crippen molar-refractivity contribution in [3.63, 3.8) is 0 Å². The van der Waals surface area contributed by atoms with Gasteiger partial charge in [-0.1, -0.05) is 13.0 Å². The predicted octanol–water partition coefficient (Wildman–Crippen LogP) is 2.91. The van der Waals surface area contributed by atoms with Gasteiger partial charge in [0, 0.05) is 5.92 Å². The quantitative estimate of drug-likeness (QED) is 0.750. The zero-order chi connectivity index (χ0) is 13.5. The van der Waals surface area contributed by atoms with Gasteiger partial charge in [-0.05, 0) is 25.0 Å². The van der Waals surface area contributed by atoms with Crippen LogP contribution >= 0.6 is 0 Å². The van der Waals surface area contributed by atoms with Crippen LogP contribution < -0.4 is 14.2 Å². The fraction of sp³-hybridized carbons (Fsp3) is 0.467. The average Bonchev–Trinajstić information content (AvgIpc) is 2.38. The van der Waals surface area contributed by atoms with Crippen LogP contribution in [-0.2, 0) is 6.42 Å². The molecule has 0 fully saturated rings. The van der Waals surface area contributed by atoms with Gasteiger partial charge in [-0.3, -0.25) is 0 Å². The molecule has 98 valence electrons. The average molecular weight is 248 g/mol. The minimum absolute atomic E-state index is 0.280. The zero-order valence-electron chi connectivity index (χ0n) is 11.7. The molecule has 0 aliphatic heterocycles. The maximum atomic E-state index is 5.44. The van der Waals surface area contributed by atoms with Gasteiger partial charge < -0.3 is 14.2 Å². The summed E-state index contributed by atoms with van der Waals surface area (Å²) < 4.78 is 16.0. The molecule has 0 saturated heterocycles. The molecule has 0 saturated carbocycles. The van der Waals surface area contributed by atoms with Crippen molar-refractivity contribution in [2.45, 2.75) is 20.3 Å². The summed E-state index contributed by atoms with van der Waals surface area (Å²) in [7, 11) is 4.86. The van der Waals surface area contributed by atoms with Crippen LogP contribution in [0.4, 0.5) is 0 Å². The second-order valence-corrected chi connectivity index (χ2v) is 3.99. The first-order valence-electron chi connectivity index (χ1n) is 5.88. The Morgan fingerprint density at radius 3 is 2.22 bits per heavy atom. The van der Waals surface area contributed by atoms with E-state index in [4.69, 9.17) is 14.2 Å². The first-order chi connectivity index (χ1) is 8.67. The Morgan fingerprint density at radius 2 is 1.72 bits per heavy atom. The predicted molar refractivity (Wildman–Crippen MR) is 72.4 cm³/mol. The standard InChI is InChI=1S/C15H20O3/c1-6-7-11(2)10-12-8-9-13(16-3)15(18-5)14(12)17-4/h8-9,11H,10H2,1-5H3. The highest BCUT2D eigenvalue weighted by Crippen LogP contribution is 2.40. The molecule has 0 aliphatic rings. The molecule has 0 aromatic heterocycles. The Balaban J connectivity index is 3.15.